The number of nitrogens with zero attached hydrogens (tertiary/aromatic N) is 4. The van der Waals surface area contributed by atoms with E-state index >= 15 is 0 Å². The standard InChI is InChI=1S/C22H26N6O2S/c1-16-15-23-22(26-21(16)24-18-4-3-5-20(14-18)31(29)30)25-17-6-8-19(9-7-17)28-12-10-27(2)11-13-28/h3-9,14-15,31H,10-13H2,1-2H3,(H2,23,24,25,26). The minimum atomic E-state index is -2.63. The van der Waals surface area contributed by atoms with Crippen molar-refractivity contribution in [3.63, 3.8) is 0 Å². The molecule has 0 amide bonds. The Bertz CT molecular complexity index is 1120. The van der Waals surface area contributed by atoms with Gasteiger partial charge in [-0.1, -0.05) is 6.07 Å². The Balaban J connectivity index is 1.46. The highest BCUT2D eigenvalue weighted by Gasteiger charge is 2.14. The van der Waals surface area contributed by atoms with Crippen molar-refractivity contribution in [3.8, 4) is 0 Å². The molecule has 3 aromatic rings. The summed E-state index contributed by atoms with van der Waals surface area (Å²) in [5.41, 5.74) is 3.62. The lowest BCUT2D eigenvalue weighted by molar-refractivity contribution is 0.313. The number of rotatable bonds is 6. The van der Waals surface area contributed by atoms with Gasteiger partial charge in [-0.3, -0.25) is 0 Å². The fourth-order valence-electron chi connectivity index (χ4n) is 3.41. The van der Waals surface area contributed by atoms with Gasteiger partial charge in [0.25, 0.3) is 0 Å². The lowest BCUT2D eigenvalue weighted by atomic mass is 10.2. The van der Waals surface area contributed by atoms with Crippen LogP contribution < -0.4 is 15.5 Å². The number of hydrogen-bond donors (Lipinski definition) is 3. The maximum atomic E-state index is 11.2. The van der Waals surface area contributed by atoms with Crippen molar-refractivity contribution in [1.82, 2.24) is 14.9 Å². The average molecular weight is 439 g/mol. The second kappa shape index (κ2) is 9.32. The monoisotopic (exact) mass is 438 g/mol. The quantitative estimate of drug-likeness (QED) is 0.506. The van der Waals surface area contributed by atoms with Crippen molar-refractivity contribution >= 4 is 39.5 Å². The van der Waals surface area contributed by atoms with Crippen molar-refractivity contribution in [3.05, 3.63) is 60.3 Å². The van der Waals surface area contributed by atoms with Crippen molar-refractivity contribution in [1.29, 1.82) is 0 Å². The molecule has 0 unspecified atom stereocenters. The first kappa shape index (κ1) is 21.1. The maximum Gasteiger partial charge on any atom is 0.229 e. The highest BCUT2D eigenvalue weighted by atomic mass is 32.2. The van der Waals surface area contributed by atoms with E-state index in [0.717, 1.165) is 37.4 Å². The molecular weight excluding hydrogens is 412 g/mol. The van der Waals surface area contributed by atoms with Gasteiger partial charge in [0.1, 0.15) is 5.82 Å². The van der Waals surface area contributed by atoms with Crippen LogP contribution in [0.5, 0.6) is 0 Å². The largest absolute Gasteiger partial charge is 0.369 e. The predicted molar refractivity (Wildman–Crippen MR) is 125 cm³/mol. The van der Waals surface area contributed by atoms with E-state index < -0.39 is 10.7 Å². The highest BCUT2D eigenvalue weighted by molar-refractivity contribution is 7.72. The molecule has 1 aliphatic heterocycles. The molecule has 8 nitrogen and oxygen atoms in total. The van der Waals surface area contributed by atoms with Crippen LogP contribution >= 0.6 is 0 Å². The molecule has 162 valence electrons. The van der Waals surface area contributed by atoms with E-state index in [4.69, 9.17) is 0 Å². The van der Waals surface area contributed by atoms with Gasteiger partial charge >= 0.3 is 0 Å². The number of piperazine rings is 1. The van der Waals surface area contributed by atoms with Gasteiger partial charge in [-0.25, -0.2) is 13.4 Å². The van der Waals surface area contributed by atoms with E-state index in [0.29, 0.717) is 17.5 Å². The molecule has 2 aromatic carbocycles. The van der Waals surface area contributed by atoms with Crippen LogP contribution in [0.1, 0.15) is 5.56 Å². The Labute approximate surface area is 183 Å². The molecular formula is C22H26N6O2S. The van der Waals surface area contributed by atoms with Gasteiger partial charge in [0.05, 0.1) is 4.90 Å². The number of nitrogens with one attached hydrogen (secondary N) is 2. The Morgan fingerprint density at radius 3 is 2.39 bits per heavy atom. The molecule has 9 heteroatoms. The third-order valence-electron chi connectivity index (χ3n) is 5.28. The molecule has 0 atom stereocenters. The van der Waals surface area contributed by atoms with Crippen LogP contribution in [-0.4, -0.2) is 56.5 Å². The van der Waals surface area contributed by atoms with Gasteiger partial charge < -0.3 is 20.4 Å². The third kappa shape index (κ3) is 5.31. The zero-order valence-electron chi connectivity index (χ0n) is 17.6. The van der Waals surface area contributed by atoms with Crippen molar-refractivity contribution in [2.24, 2.45) is 0 Å². The van der Waals surface area contributed by atoms with E-state index in [2.05, 4.69) is 49.6 Å². The molecule has 4 rings (SSSR count). The number of likely N-dealkylation sites (N-methyl/N-ethyl adjacent to an activating group) is 1. The lowest BCUT2D eigenvalue weighted by Gasteiger charge is -2.34. The minimum Gasteiger partial charge on any atom is -0.369 e. The number of aromatic nitrogens is 2. The van der Waals surface area contributed by atoms with Gasteiger partial charge in [-0.05, 0) is 56.4 Å². The van der Waals surface area contributed by atoms with Crippen LogP contribution in [0.3, 0.4) is 0 Å². The third-order valence-corrected chi connectivity index (χ3v) is 5.98. The molecule has 0 spiro atoms. The van der Waals surface area contributed by atoms with Crippen LogP contribution in [0.15, 0.2) is 59.6 Å². The first-order valence-electron chi connectivity index (χ1n) is 10.1. The first-order chi connectivity index (χ1) is 15.0. The van der Waals surface area contributed by atoms with Gasteiger partial charge in [-0.2, -0.15) is 4.98 Å². The molecule has 0 bridgehead atoms. The Hall–Kier alpha value is -3.17. The smallest absolute Gasteiger partial charge is 0.229 e. The average Bonchev–Trinajstić information content (AvgIpc) is 2.77. The Kier molecular flexibility index (Phi) is 6.34. The van der Waals surface area contributed by atoms with Gasteiger partial charge in [0.15, 0.2) is 10.7 Å². The van der Waals surface area contributed by atoms with Gasteiger partial charge in [0.2, 0.25) is 5.95 Å². The summed E-state index contributed by atoms with van der Waals surface area (Å²) in [6.45, 7) is 6.10. The summed E-state index contributed by atoms with van der Waals surface area (Å²) in [4.78, 5) is 13.9. The van der Waals surface area contributed by atoms with Gasteiger partial charge in [0, 0.05) is 55.0 Å². The normalized spacial score (nSPS) is 14.6. The summed E-state index contributed by atoms with van der Waals surface area (Å²) in [5.74, 6) is 1.08. The molecule has 1 saturated heterocycles. The number of anilines is 5. The van der Waals surface area contributed by atoms with Crippen molar-refractivity contribution < 1.29 is 8.42 Å². The van der Waals surface area contributed by atoms with Gasteiger partial charge in [-0.15, -0.1) is 0 Å². The van der Waals surface area contributed by atoms with E-state index in [-0.39, 0.29) is 4.90 Å². The second-order valence-corrected chi connectivity index (χ2v) is 8.65. The van der Waals surface area contributed by atoms with Crippen LogP contribution in [0.2, 0.25) is 0 Å². The van der Waals surface area contributed by atoms with E-state index in [9.17, 15) is 8.42 Å². The Morgan fingerprint density at radius 2 is 1.68 bits per heavy atom. The molecule has 0 saturated carbocycles. The lowest BCUT2D eigenvalue weighted by Crippen LogP contribution is -2.44. The zero-order chi connectivity index (χ0) is 21.8. The Morgan fingerprint density at radius 1 is 0.935 bits per heavy atom. The van der Waals surface area contributed by atoms with Crippen molar-refractivity contribution in [2.75, 3.05) is 48.8 Å². The molecule has 31 heavy (non-hydrogen) atoms. The summed E-state index contributed by atoms with van der Waals surface area (Å²) in [7, 11) is -0.485. The second-order valence-electron chi connectivity index (χ2n) is 7.62. The molecule has 1 fully saturated rings. The first-order valence-corrected chi connectivity index (χ1v) is 11.3. The molecule has 0 radical (unpaired) electrons. The number of hydrogen-bond acceptors (Lipinski definition) is 8. The summed E-state index contributed by atoms with van der Waals surface area (Å²) in [6.07, 6.45) is 1.73. The molecule has 1 aliphatic rings. The predicted octanol–water partition coefficient (Wildman–Crippen LogP) is 2.99. The SMILES string of the molecule is Cc1cnc(Nc2ccc(N3CCN(C)CC3)cc2)nc1Nc1cccc([SH](=O)=O)c1. The number of aryl methyl sites for hydroxylation is 1. The molecule has 2 heterocycles. The summed E-state index contributed by atoms with van der Waals surface area (Å²) >= 11 is 0. The van der Waals surface area contributed by atoms with E-state index in [1.807, 2.05) is 19.1 Å². The van der Waals surface area contributed by atoms with Crippen molar-refractivity contribution in [2.45, 2.75) is 11.8 Å². The van der Waals surface area contributed by atoms with E-state index in [1.165, 1.54) is 5.69 Å². The summed E-state index contributed by atoms with van der Waals surface area (Å²) in [5, 5.41) is 6.42. The summed E-state index contributed by atoms with van der Waals surface area (Å²) < 4.78 is 22.5. The zero-order valence-corrected chi connectivity index (χ0v) is 18.5. The van der Waals surface area contributed by atoms with Crippen LogP contribution in [0, 0.1) is 6.92 Å². The molecule has 1 aromatic heterocycles. The maximum absolute atomic E-state index is 11.2. The number of thiol groups is 1. The summed E-state index contributed by atoms with van der Waals surface area (Å²) in [6, 6.07) is 14.9. The molecule has 2 N–H and O–H groups in total. The van der Waals surface area contributed by atoms with Crippen LogP contribution in [0.4, 0.5) is 28.8 Å². The minimum absolute atomic E-state index is 0.255. The number of benzene rings is 2. The highest BCUT2D eigenvalue weighted by Crippen LogP contribution is 2.24. The topological polar surface area (TPSA) is 90.5 Å². The molecule has 0 aliphatic carbocycles. The van der Waals surface area contributed by atoms with Crippen LogP contribution in [-0.2, 0) is 10.7 Å². The van der Waals surface area contributed by atoms with E-state index in [1.54, 1.807) is 30.5 Å². The van der Waals surface area contributed by atoms with Crippen LogP contribution in [0.25, 0.3) is 0 Å². The fourth-order valence-corrected chi connectivity index (χ4v) is 3.86. The fraction of sp³-hybridized carbons (Fsp3) is 0.273.